The lowest BCUT2D eigenvalue weighted by Crippen LogP contribution is -2.23. The van der Waals surface area contributed by atoms with E-state index in [0.29, 0.717) is 10.6 Å². The molecule has 100 valence electrons. The number of hydrogen-bond donors (Lipinski definition) is 1. The van der Waals surface area contributed by atoms with Crippen LogP contribution in [-0.4, -0.2) is 6.54 Å². The summed E-state index contributed by atoms with van der Waals surface area (Å²) < 4.78 is 14.9. The van der Waals surface area contributed by atoms with E-state index >= 15 is 0 Å². The topological polar surface area (TPSA) is 12.0 Å². The molecule has 2 aromatic rings. The van der Waals surface area contributed by atoms with Crippen molar-refractivity contribution in [2.45, 2.75) is 13.0 Å². The molecule has 0 aliphatic heterocycles. The molecular formula is C15H14BrClFN. The molecule has 1 nitrogen and oxygen atoms in total. The SMILES string of the molecule is CCNC(c1ccc(Br)cc1F)c1ccccc1Cl. The Morgan fingerprint density at radius 1 is 1.21 bits per heavy atom. The van der Waals surface area contributed by atoms with Crippen molar-refractivity contribution in [3.8, 4) is 0 Å². The first kappa shape index (κ1) is 14.5. The smallest absolute Gasteiger partial charge is 0.129 e. The first-order chi connectivity index (χ1) is 9.13. The predicted octanol–water partition coefficient (Wildman–Crippen LogP) is 4.94. The van der Waals surface area contributed by atoms with Crippen molar-refractivity contribution in [3.63, 3.8) is 0 Å². The van der Waals surface area contributed by atoms with Gasteiger partial charge in [-0.05, 0) is 30.3 Å². The largest absolute Gasteiger partial charge is 0.306 e. The zero-order chi connectivity index (χ0) is 13.8. The van der Waals surface area contributed by atoms with E-state index in [9.17, 15) is 4.39 Å². The molecule has 0 aliphatic rings. The Morgan fingerprint density at radius 2 is 1.95 bits per heavy atom. The van der Waals surface area contributed by atoms with Crippen molar-refractivity contribution >= 4 is 27.5 Å². The van der Waals surface area contributed by atoms with Crippen molar-refractivity contribution in [1.82, 2.24) is 5.32 Å². The van der Waals surface area contributed by atoms with Crippen LogP contribution in [-0.2, 0) is 0 Å². The summed E-state index contributed by atoms with van der Waals surface area (Å²) in [7, 11) is 0. The third kappa shape index (κ3) is 3.35. The van der Waals surface area contributed by atoms with Crippen LogP contribution in [0.25, 0.3) is 0 Å². The molecule has 1 unspecified atom stereocenters. The molecule has 19 heavy (non-hydrogen) atoms. The Balaban J connectivity index is 2.48. The molecule has 0 spiro atoms. The van der Waals surface area contributed by atoms with Gasteiger partial charge in [-0.15, -0.1) is 0 Å². The summed E-state index contributed by atoms with van der Waals surface area (Å²) in [5.74, 6) is -0.250. The minimum Gasteiger partial charge on any atom is -0.306 e. The van der Waals surface area contributed by atoms with E-state index in [1.165, 1.54) is 6.07 Å². The molecule has 2 rings (SSSR count). The number of halogens is 3. The second kappa shape index (κ2) is 6.51. The van der Waals surface area contributed by atoms with Crippen LogP contribution in [0.1, 0.15) is 24.1 Å². The van der Waals surface area contributed by atoms with Crippen molar-refractivity contribution in [1.29, 1.82) is 0 Å². The maximum Gasteiger partial charge on any atom is 0.129 e. The van der Waals surface area contributed by atoms with E-state index < -0.39 is 0 Å². The lowest BCUT2D eigenvalue weighted by Gasteiger charge is -2.20. The Hall–Kier alpha value is -0.900. The second-order valence-electron chi connectivity index (χ2n) is 4.18. The van der Waals surface area contributed by atoms with Gasteiger partial charge in [0.1, 0.15) is 5.82 Å². The predicted molar refractivity (Wildman–Crippen MR) is 81.1 cm³/mol. The summed E-state index contributed by atoms with van der Waals surface area (Å²) in [6.07, 6.45) is 0. The number of benzene rings is 2. The first-order valence-corrected chi connectivity index (χ1v) is 7.23. The van der Waals surface area contributed by atoms with E-state index in [1.54, 1.807) is 6.07 Å². The average Bonchev–Trinajstić information content (AvgIpc) is 2.38. The van der Waals surface area contributed by atoms with E-state index in [-0.39, 0.29) is 11.9 Å². The van der Waals surface area contributed by atoms with Crippen LogP contribution in [0.2, 0.25) is 5.02 Å². The molecule has 0 fully saturated rings. The van der Waals surface area contributed by atoms with Crippen LogP contribution in [0, 0.1) is 5.82 Å². The standard InChI is InChI=1S/C15H14BrClFN/c1-2-19-15(11-5-3-4-6-13(11)17)12-8-7-10(16)9-14(12)18/h3-9,15,19H,2H2,1H3. The fourth-order valence-corrected chi connectivity index (χ4v) is 2.61. The molecule has 0 aromatic heterocycles. The lowest BCUT2D eigenvalue weighted by molar-refractivity contribution is 0.558. The van der Waals surface area contributed by atoms with Crippen LogP contribution in [0.3, 0.4) is 0 Å². The van der Waals surface area contributed by atoms with Gasteiger partial charge in [0.25, 0.3) is 0 Å². The van der Waals surface area contributed by atoms with Gasteiger partial charge in [-0.25, -0.2) is 4.39 Å². The van der Waals surface area contributed by atoms with Gasteiger partial charge in [0.15, 0.2) is 0 Å². The summed E-state index contributed by atoms with van der Waals surface area (Å²) in [6.45, 7) is 2.71. The minimum absolute atomic E-state index is 0.244. The van der Waals surface area contributed by atoms with E-state index in [2.05, 4.69) is 21.2 Å². The van der Waals surface area contributed by atoms with Crippen molar-refractivity contribution < 1.29 is 4.39 Å². The Bertz CT molecular complexity index is 574. The normalized spacial score (nSPS) is 12.4. The molecule has 1 atom stereocenters. The van der Waals surface area contributed by atoms with E-state index in [0.717, 1.165) is 16.6 Å². The zero-order valence-corrected chi connectivity index (χ0v) is 12.8. The van der Waals surface area contributed by atoms with E-state index in [1.807, 2.05) is 37.3 Å². The third-order valence-electron chi connectivity index (χ3n) is 2.90. The molecule has 0 aliphatic carbocycles. The highest BCUT2D eigenvalue weighted by Gasteiger charge is 2.19. The van der Waals surface area contributed by atoms with Crippen molar-refractivity contribution in [2.24, 2.45) is 0 Å². The van der Waals surface area contributed by atoms with Gasteiger partial charge < -0.3 is 5.32 Å². The molecule has 0 bridgehead atoms. The zero-order valence-electron chi connectivity index (χ0n) is 10.5. The quantitative estimate of drug-likeness (QED) is 0.830. The minimum atomic E-state index is -0.250. The van der Waals surface area contributed by atoms with Gasteiger partial charge in [-0.1, -0.05) is 58.7 Å². The summed E-state index contributed by atoms with van der Waals surface area (Å²) in [4.78, 5) is 0. The van der Waals surface area contributed by atoms with Crippen LogP contribution < -0.4 is 5.32 Å². The van der Waals surface area contributed by atoms with E-state index in [4.69, 9.17) is 11.6 Å². The maximum atomic E-state index is 14.1. The highest BCUT2D eigenvalue weighted by Crippen LogP contribution is 2.30. The third-order valence-corrected chi connectivity index (χ3v) is 3.74. The molecule has 1 N–H and O–H groups in total. The molecular weight excluding hydrogens is 329 g/mol. The first-order valence-electron chi connectivity index (χ1n) is 6.06. The lowest BCUT2D eigenvalue weighted by atomic mass is 9.98. The van der Waals surface area contributed by atoms with Gasteiger partial charge in [-0.3, -0.25) is 0 Å². The Morgan fingerprint density at radius 3 is 2.58 bits per heavy atom. The molecule has 0 amide bonds. The fourth-order valence-electron chi connectivity index (χ4n) is 2.04. The van der Waals surface area contributed by atoms with Crippen LogP contribution in [0.4, 0.5) is 4.39 Å². The molecule has 0 saturated carbocycles. The number of rotatable bonds is 4. The fraction of sp³-hybridized carbons (Fsp3) is 0.200. The van der Waals surface area contributed by atoms with Crippen LogP contribution in [0.5, 0.6) is 0 Å². The van der Waals surface area contributed by atoms with Crippen LogP contribution in [0.15, 0.2) is 46.9 Å². The van der Waals surface area contributed by atoms with Gasteiger partial charge in [0, 0.05) is 15.1 Å². The second-order valence-corrected chi connectivity index (χ2v) is 5.50. The summed E-state index contributed by atoms with van der Waals surface area (Å²) in [5.41, 5.74) is 1.48. The van der Waals surface area contributed by atoms with Crippen molar-refractivity contribution in [3.05, 3.63) is 68.9 Å². The van der Waals surface area contributed by atoms with Crippen LogP contribution >= 0.6 is 27.5 Å². The molecule has 0 radical (unpaired) electrons. The van der Waals surface area contributed by atoms with Gasteiger partial charge in [0.2, 0.25) is 0 Å². The molecule has 2 aromatic carbocycles. The van der Waals surface area contributed by atoms with Gasteiger partial charge in [-0.2, -0.15) is 0 Å². The summed E-state index contributed by atoms with van der Waals surface area (Å²) in [6, 6.07) is 12.3. The number of hydrogen-bond acceptors (Lipinski definition) is 1. The van der Waals surface area contributed by atoms with Gasteiger partial charge >= 0.3 is 0 Å². The Labute approximate surface area is 125 Å². The van der Waals surface area contributed by atoms with Gasteiger partial charge in [0.05, 0.1) is 6.04 Å². The summed E-state index contributed by atoms with van der Waals surface area (Å²) in [5, 5.41) is 3.91. The average molecular weight is 343 g/mol. The highest BCUT2D eigenvalue weighted by molar-refractivity contribution is 9.10. The Kier molecular flexibility index (Phi) is 4.97. The van der Waals surface area contributed by atoms with Crippen molar-refractivity contribution in [2.75, 3.05) is 6.54 Å². The molecule has 4 heteroatoms. The number of nitrogens with one attached hydrogen (secondary N) is 1. The maximum absolute atomic E-state index is 14.1. The summed E-state index contributed by atoms with van der Waals surface area (Å²) >= 11 is 9.49. The monoisotopic (exact) mass is 341 g/mol. The highest BCUT2D eigenvalue weighted by atomic mass is 79.9. The molecule has 0 heterocycles. The molecule has 0 saturated heterocycles.